The summed E-state index contributed by atoms with van der Waals surface area (Å²) in [5.74, 6) is -0.304. The van der Waals surface area contributed by atoms with Crippen molar-refractivity contribution in [2.75, 3.05) is 19.0 Å². The van der Waals surface area contributed by atoms with Crippen LogP contribution in [-0.4, -0.2) is 19.8 Å². The van der Waals surface area contributed by atoms with Crippen LogP contribution in [0.1, 0.15) is 26.2 Å². The fourth-order valence-corrected chi connectivity index (χ4v) is 1.40. The first-order valence-electron chi connectivity index (χ1n) is 5.94. The number of amides is 1. The molecule has 18 heavy (non-hydrogen) atoms. The minimum Gasteiger partial charge on any atom is -0.491 e. The molecule has 4 nitrogen and oxygen atoms in total. The third-order valence-corrected chi connectivity index (χ3v) is 2.37. The Morgan fingerprint density at radius 3 is 2.78 bits per heavy atom. The molecule has 1 rings (SSSR count). The van der Waals surface area contributed by atoms with Gasteiger partial charge >= 0.3 is 6.09 Å². The molecule has 0 heterocycles. The summed E-state index contributed by atoms with van der Waals surface area (Å²) in [5.41, 5.74) is 0.334. The fraction of sp³-hybridized carbons (Fsp3) is 0.462. The molecule has 0 aliphatic rings. The van der Waals surface area contributed by atoms with E-state index >= 15 is 0 Å². The Hall–Kier alpha value is -1.78. The Bertz CT molecular complexity index is 396. The van der Waals surface area contributed by atoms with Gasteiger partial charge < -0.3 is 9.47 Å². The summed E-state index contributed by atoms with van der Waals surface area (Å²) >= 11 is 0. The van der Waals surface area contributed by atoms with Crippen molar-refractivity contribution in [3.05, 3.63) is 24.0 Å². The van der Waals surface area contributed by atoms with E-state index in [0.29, 0.717) is 12.3 Å². The maximum Gasteiger partial charge on any atom is 0.411 e. The summed E-state index contributed by atoms with van der Waals surface area (Å²) in [5, 5.41) is 2.38. The first kappa shape index (κ1) is 14.3. The van der Waals surface area contributed by atoms with Crippen LogP contribution >= 0.6 is 0 Å². The third-order valence-electron chi connectivity index (χ3n) is 2.37. The Balaban J connectivity index is 2.54. The van der Waals surface area contributed by atoms with Crippen LogP contribution in [-0.2, 0) is 4.74 Å². The number of ether oxygens (including phenoxy) is 2. The molecule has 0 aliphatic heterocycles. The van der Waals surface area contributed by atoms with Crippen molar-refractivity contribution in [2.45, 2.75) is 26.2 Å². The van der Waals surface area contributed by atoms with Gasteiger partial charge in [-0.15, -0.1) is 0 Å². The number of unbranched alkanes of at least 4 members (excludes halogenated alkanes) is 2. The molecule has 0 aromatic heterocycles. The normalized spacial score (nSPS) is 9.94. The van der Waals surface area contributed by atoms with Gasteiger partial charge in [0, 0.05) is 11.8 Å². The first-order chi connectivity index (χ1) is 8.67. The average Bonchev–Trinajstić information content (AvgIpc) is 2.36. The minimum absolute atomic E-state index is 0.196. The molecule has 0 spiro atoms. The maximum atomic E-state index is 13.6. The summed E-state index contributed by atoms with van der Waals surface area (Å²) in [4.78, 5) is 10.9. The molecule has 0 bridgehead atoms. The highest BCUT2D eigenvalue weighted by Gasteiger charge is 2.07. The molecule has 0 saturated heterocycles. The van der Waals surface area contributed by atoms with Gasteiger partial charge in [-0.2, -0.15) is 0 Å². The smallest absolute Gasteiger partial charge is 0.411 e. The Morgan fingerprint density at radius 1 is 1.39 bits per heavy atom. The van der Waals surface area contributed by atoms with Crippen LogP contribution in [0.15, 0.2) is 18.2 Å². The predicted molar refractivity (Wildman–Crippen MR) is 67.4 cm³/mol. The zero-order valence-electron chi connectivity index (χ0n) is 10.7. The van der Waals surface area contributed by atoms with Crippen molar-refractivity contribution in [3.8, 4) is 5.75 Å². The number of methoxy groups -OCH3 is 1. The van der Waals surface area contributed by atoms with Crippen LogP contribution in [0.25, 0.3) is 0 Å². The average molecular weight is 255 g/mol. The molecule has 0 radical (unpaired) electrons. The second-order valence-corrected chi connectivity index (χ2v) is 3.82. The lowest BCUT2D eigenvalue weighted by molar-refractivity contribution is 0.187. The van der Waals surface area contributed by atoms with Gasteiger partial charge in [0.25, 0.3) is 0 Å². The van der Waals surface area contributed by atoms with Crippen LogP contribution in [0, 0.1) is 5.82 Å². The zero-order valence-corrected chi connectivity index (χ0v) is 10.7. The van der Waals surface area contributed by atoms with Crippen molar-refractivity contribution in [2.24, 2.45) is 0 Å². The van der Waals surface area contributed by atoms with Gasteiger partial charge in [-0.05, 0) is 18.6 Å². The number of anilines is 1. The highest BCUT2D eigenvalue weighted by molar-refractivity contribution is 5.84. The number of benzene rings is 1. The van der Waals surface area contributed by atoms with E-state index in [-0.39, 0.29) is 5.75 Å². The third kappa shape index (κ3) is 4.61. The van der Waals surface area contributed by atoms with Gasteiger partial charge in [0.1, 0.15) is 0 Å². The second kappa shape index (κ2) is 7.53. The van der Waals surface area contributed by atoms with E-state index < -0.39 is 11.9 Å². The summed E-state index contributed by atoms with van der Waals surface area (Å²) < 4.78 is 23.3. The Kier molecular flexibility index (Phi) is 5.97. The number of carbonyl (C=O) groups is 1. The second-order valence-electron chi connectivity index (χ2n) is 3.82. The largest absolute Gasteiger partial charge is 0.491 e. The van der Waals surface area contributed by atoms with E-state index in [1.165, 1.54) is 19.2 Å². The van der Waals surface area contributed by atoms with E-state index in [4.69, 9.17) is 4.74 Å². The molecule has 0 aliphatic carbocycles. The van der Waals surface area contributed by atoms with Crippen LogP contribution < -0.4 is 10.1 Å². The first-order valence-corrected chi connectivity index (χ1v) is 5.94. The number of halogens is 1. The Morgan fingerprint density at radius 2 is 2.17 bits per heavy atom. The van der Waals surface area contributed by atoms with Gasteiger partial charge in [-0.1, -0.05) is 19.8 Å². The van der Waals surface area contributed by atoms with Crippen LogP contribution in [0.5, 0.6) is 5.75 Å². The molecule has 0 saturated carbocycles. The molecule has 0 fully saturated rings. The highest BCUT2D eigenvalue weighted by atomic mass is 19.1. The monoisotopic (exact) mass is 255 g/mol. The molecular weight excluding hydrogens is 237 g/mol. The highest BCUT2D eigenvalue weighted by Crippen LogP contribution is 2.21. The minimum atomic E-state index is -0.633. The SMILES string of the molecule is CCCCCOc1ccc(NC(=O)OC)cc1F. The lowest BCUT2D eigenvalue weighted by atomic mass is 10.2. The molecule has 0 unspecified atom stereocenters. The fourth-order valence-electron chi connectivity index (χ4n) is 1.40. The van der Waals surface area contributed by atoms with E-state index in [0.717, 1.165) is 19.3 Å². The molecule has 1 aromatic carbocycles. The summed E-state index contributed by atoms with van der Waals surface area (Å²) in [6.45, 7) is 2.59. The van der Waals surface area contributed by atoms with Crippen LogP contribution in [0.2, 0.25) is 0 Å². The van der Waals surface area contributed by atoms with Crippen molar-refractivity contribution < 1.29 is 18.7 Å². The van der Waals surface area contributed by atoms with Crippen molar-refractivity contribution in [1.82, 2.24) is 0 Å². The zero-order chi connectivity index (χ0) is 13.4. The lowest BCUT2D eigenvalue weighted by Crippen LogP contribution is -2.11. The van der Waals surface area contributed by atoms with Gasteiger partial charge in [0.05, 0.1) is 13.7 Å². The summed E-state index contributed by atoms with van der Waals surface area (Å²) in [6.07, 6.45) is 2.42. The van der Waals surface area contributed by atoms with Gasteiger partial charge in [-0.25, -0.2) is 9.18 Å². The number of nitrogens with one attached hydrogen (secondary N) is 1. The van der Waals surface area contributed by atoms with Gasteiger partial charge in [-0.3, -0.25) is 5.32 Å². The molecule has 1 aromatic rings. The van der Waals surface area contributed by atoms with E-state index in [9.17, 15) is 9.18 Å². The van der Waals surface area contributed by atoms with E-state index in [2.05, 4.69) is 17.0 Å². The Labute approximate surface area is 106 Å². The maximum absolute atomic E-state index is 13.6. The van der Waals surface area contributed by atoms with Crippen molar-refractivity contribution in [1.29, 1.82) is 0 Å². The molecular formula is C13H18FNO3. The molecule has 100 valence electrons. The number of rotatable bonds is 6. The van der Waals surface area contributed by atoms with E-state index in [1.54, 1.807) is 6.07 Å². The quantitative estimate of drug-likeness (QED) is 0.790. The molecule has 1 amide bonds. The molecule has 0 atom stereocenters. The van der Waals surface area contributed by atoms with Crippen molar-refractivity contribution >= 4 is 11.8 Å². The lowest BCUT2D eigenvalue weighted by Gasteiger charge is -2.09. The number of hydrogen-bond acceptors (Lipinski definition) is 3. The van der Waals surface area contributed by atoms with Gasteiger partial charge in [0.2, 0.25) is 0 Å². The van der Waals surface area contributed by atoms with E-state index in [1.807, 2.05) is 0 Å². The van der Waals surface area contributed by atoms with Crippen molar-refractivity contribution in [3.63, 3.8) is 0 Å². The molecule has 5 heteroatoms. The molecule has 1 N–H and O–H groups in total. The summed E-state index contributed by atoms with van der Waals surface area (Å²) in [7, 11) is 1.25. The standard InChI is InChI=1S/C13H18FNO3/c1-3-4-5-8-18-12-7-6-10(9-11(12)14)15-13(16)17-2/h6-7,9H,3-5,8H2,1-2H3,(H,15,16). The predicted octanol–water partition coefficient (Wildman–Crippen LogP) is 3.57. The summed E-state index contributed by atoms with van der Waals surface area (Å²) in [6, 6.07) is 4.26. The van der Waals surface area contributed by atoms with Crippen LogP contribution in [0.4, 0.5) is 14.9 Å². The topological polar surface area (TPSA) is 47.6 Å². The number of hydrogen-bond donors (Lipinski definition) is 1. The van der Waals surface area contributed by atoms with Crippen LogP contribution in [0.3, 0.4) is 0 Å². The number of carbonyl (C=O) groups excluding carboxylic acids is 1. The van der Waals surface area contributed by atoms with Gasteiger partial charge in [0.15, 0.2) is 11.6 Å².